The second-order valence-corrected chi connectivity index (χ2v) is 7.01. The standard InChI is InChI=1S/C22H24N4O4/c1-16-4-3-5-20(23-16)25-10-12-26(13-11-25)22(27)19-14-30-21(24-19)15-29-18-8-6-17(28-2)7-9-18/h3-9,14H,10-13,15H2,1-2H3. The number of amides is 1. The van der Waals surface area contributed by atoms with Gasteiger partial charge in [-0.25, -0.2) is 9.97 Å². The minimum atomic E-state index is -0.133. The minimum absolute atomic E-state index is 0.133. The zero-order valence-corrected chi connectivity index (χ0v) is 17.1. The number of carbonyl (C=O) groups excluding carboxylic acids is 1. The first-order chi connectivity index (χ1) is 14.6. The largest absolute Gasteiger partial charge is 0.497 e. The highest BCUT2D eigenvalue weighted by atomic mass is 16.5. The van der Waals surface area contributed by atoms with Crippen LogP contribution < -0.4 is 14.4 Å². The predicted molar refractivity (Wildman–Crippen MR) is 111 cm³/mol. The molecule has 8 heteroatoms. The molecule has 0 saturated carbocycles. The Bertz CT molecular complexity index is 994. The molecule has 0 spiro atoms. The maximum absolute atomic E-state index is 12.8. The number of aromatic nitrogens is 2. The van der Waals surface area contributed by atoms with E-state index in [-0.39, 0.29) is 12.5 Å². The van der Waals surface area contributed by atoms with Crippen LogP contribution in [-0.4, -0.2) is 54.1 Å². The number of rotatable bonds is 6. The van der Waals surface area contributed by atoms with Crippen molar-refractivity contribution in [1.82, 2.24) is 14.9 Å². The summed E-state index contributed by atoms with van der Waals surface area (Å²) >= 11 is 0. The third kappa shape index (κ3) is 4.53. The van der Waals surface area contributed by atoms with Crippen LogP contribution in [0.1, 0.15) is 22.1 Å². The van der Waals surface area contributed by atoms with Crippen LogP contribution in [0.15, 0.2) is 53.1 Å². The Labute approximate surface area is 175 Å². The summed E-state index contributed by atoms with van der Waals surface area (Å²) < 4.78 is 16.2. The van der Waals surface area contributed by atoms with Gasteiger partial charge in [-0.3, -0.25) is 4.79 Å². The van der Waals surface area contributed by atoms with Crippen molar-refractivity contribution in [2.75, 3.05) is 38.2 Å². The summed E-state index contributed by atoms with van der Waals surface area (Å²) in [5.41, 5.74) is 1.28. The molecule has 0 N–H and O–H groups in total. The lowest BCUT2D eigenvalue weighted by atomic mass is 10.2. The van der Waals surface area contributed by atoms with Gasteiger partial charge in [-0.15, -0.1) is 0 Å². The quantitative estimate of drug-likeness (QED) is 0.620. The summed E-state index contributed by atoms with van der Waals surface area (Å²) in [4.78, 5) is 25.6. The number of hydrogen-bond donors (Lipinski definition) is 0. The molecule has 3 heterocycles. The van der Waals surface area contributed by atoms with E-state index in [1.807, 2.05) is 37.3 Å². The molecule has 0 radical (unpaired) electrons. The molecule has 30 heavy (non-hydrogen) atoms. The number of benzene rings is 1. The monoisotopic (exact) mass is 408 g/mol. The molecule has 8 nitrogen and oxygen atoms in total. The van der Waals surface area contributed by atoms with Crippen LogP contribution in [0.5, 0.6) is 11.5 Å². The van der Waals surface area contributed by atoms with E-state index in [2.05, 4.69) is 14.9 Å². The van der Waals surface area contributed by atoms with Gasteiger partial charge in [0.15, 0.2) is 12.3 Å². The summed E-state index contributed by atoms with van der Waals surface area (Å²) in [6.07, 6.45) is 1.39. The van der Waals surface area contributed by atoms with Gasteiger partial charge in [0, 0.05) is 31.9 Å². The number of oxazole rings is 1. The van der Waals surface area contributed by atoms with Crippen molar-refractivity contribution in [3.63, 3.8) is 0 Å². The van der Waals surface area contributed by atoms with Gasteiger partial charge in [-0.05, 0) is 43.3 Å². The van der Waals surface area contributed by atoms with Crippen molar-refractivity contribution >= 4 is 11.7 Å². The lowest BCUT2D eigenvalue weighted by Crippen LogP contribution is -2.49. The number of methoxy groups -OCH3 is 1. The second-order valence-electron chi connectivity index (χ2n) is 7.01. The number of piperazine rings is 1. The summed E-state index contributed by atoms with van der Waals surface area (Å²) in [6, 6.07) is 13.2. The van der Waals surface area contributed by atoms with Gasteiger partial charge < -0.3 is 23.7 Å². The van der Waals surface area contributed by atoms with E-state index < -0.39 is 0 Å². The maximum atomic E-state index is 12.8. The molecule has 1 amide bonds. The fourth-order valence-electron chi connectivity index (χ4n) is 3.30. The summed E-state index contributed by atoms with van der Waals surface area (Å²) in [6.45, 7) is 4.80. The molecule has 1 saturated heterocycles. The van der Waals surface area contributed by atoms with Crippen LogP contribution >= 0.6 is 0 Å². The van der Waals surface area contributed by atoms with E-state index in [0.717, 1.165) is 30.4 Å². The molecule has 0 bridgehead atoms. The van der Waals surface area contributed by atoms with Gasteiger partial charge in [0.25, 0.3) is 5.91 Å². The topological polar surface area (TPSA) is 80.9 Å². The van der Waals surface area contributed by atoms with Crippen LogP contribution in [-0.2, 0) is 6.61 Å². The van der Waals surface area contributed by atoms with E-state index in [0.29, 0.717) is 30.4 Å². The molecule has 1 fully saturated rings. The molecule has 3 aromatic rings. The van der Waals surface area contributed by atoms with E-state index in [9.17, 15) is 4.79 Å². The number of aryl methyl sites for hydroxylation is 1. The molecule has 4 rings (SSSR count). The van der Waals surface area contributed by atoms with E-state index >= 15 is 0 Å². The van der Waals surface area contributed by atoms with Crippen LogP contribution in [0.4, 0.5) is 5.82 Å². The molecule has 1 aromatic carbocycles. The Balaban J connectivity index is 1.30. The van der Waals surface area contributed by atoms with Crippen LogP contribution in [0, 0.1) is 6.92 Å². The highest BCUT2D eigenvalue weighted by Gasteiger charge is 2.25. The molecular formula is C22H24N4O4. The molecule has 156 valence electrons. The molecule has 2 aromatic heterocycles. The zero-order chi connectivity index (χ0) is 20.9. The average molecular weight is 408 g/mol. The summed E-state index contributed by atoms with van der Waals surface area (Å²) in [7, 11) is 1.61. The van der Waals surface area contributed by atoms with Crippen LogP contribution in [0.2, 0.25) is 0 Å². The molecule has 1 aliphatic rings. The van der Waals surface area contributed by atoms with Crippen molar-refractivity contribution in [3.05, 3.63) is 66.0 Å². The Morgan fingerprint density at radius 2 is 1.77 bits per heavy atom. The number of hydrogen-bond acceptors (Lipinski definition) is 7. The van der Waals surface area contributed by atoms with E-state index in [1.54, 1.807) is 24.1 Å². The fourth-order valence-corrected chi connectivity index (χ4v) is 3.30. The van der Waals surface area contributed by atoms with Crippen molar-refractivity contribution < 1.29 is 18.7 Å². The van der Waals surface area contributed by atoms with Crippen molar-refractivity contribution in [1.29, 1.82) is 0 Å². The minimum Gasteiger partial charge on any atom is -0.497 e. The third-order valence-electron chi connectivity index (χ3n) is 4.96. The molecule has 0 unspecified atom stereocenters. The first-order valence-electron chi connectivity index (χ1n) is 9.81. The van der Waals surface area contributed by atoms with Gasteiger partial charge in [0.2, 0.25) is 5.89 Å². The lowest BCUT2D eigenvalue weighted by molar-refractivity contribution is 0.0740. The Morgan fingerprint density at radius 3 is 2.47 bits per heavy atom. The number of anilines is 1. The lowest BCUT2D eigenvalue weighted by Gasteiger charge is -2.35. The highest BCUT2D eigenvalue weighted by molar-refractivity contribution is 5.92. The number of ether oxygens (including phenoxy) is 2. The molecule has 0 aliphatic carbocycles. The van der Waals surface area contributed by atoms with Crippen LogP contribution in [0.3, 0.4) is 0 Å². The van der Waals surface area contributed by atoms with Gasteiger partial charge in [-0.1, -0.05) is 6.07 Å². The maximum Gasteiger partial charge on any atom is 0.275 e. The van der Waals surface area contributed by atoms with Crippen molar-refractivity contribution in [2.24, 2.45) is 0 Å². The van der Waals surface area contributed by atoms with E-state index in [4.69, 9.17) is 13.9 Å². The number of nitrogens with zero attached hydrogens (tertiary/aromatic N) is 4. The highest BCUT2D eigenvalue weighted by Crippen LogP contribution is 2.19. The summed E-state index contributed by atoms with van der Waals surface area (Å²) in [5, 5.41) is 0. The second kappa shape index (κ2) is 8.86. The smallest absolute Gasteiger partial charge is 0.275 e. The van der Waals surface area contributed by atoms with E-state index in [1.165, 1.54) is 6.26 Å². The number of pyridine rings is 1. The van der Waals surface area contributed by atoms with Gasteiger partial charge in [-0.2, -0.15) is 0 Å². The Hall–Kier alpha value is -3.55. The SMILES string of the molecule is COc1ccc(OCc2nc(C(=O)N3CCN(c4cccc(C)n4)CC3)co2)cc1. The van der Waals surface area contributed by atoms with Crippen LogP contribution in [0.25, 0.3) is 0 Å². The van der Waals surface area contributed by atoms with Gasteiger partial charge in [0.1, 0.15) is 23.6 Å². The zero-order valence-electron chi connectivity index (χ0n) is 17.1. The summed E-state index contributed by atoms with van der Waals surface area (Å²) in [5.74, 6) is 2.59. The van der Waals surface area contributed by atoms with Crippen molar-refractivity contribution in [3.8, 4) is 11.5 Å². The fraction of sp³-hybridized carbons (Fsp3) is 0.318. The van der Waals surface area contributed by atoms with Gasteiger partial charge >= 0.3 is 0 Å². The Morgan fingerprint density at radius 1 is 1.03 bits per heavy atom. The van der Waals surface area contributed by atoms with Gasteiger partial charge in [0.05, 0.1) is 7.11 Å². The molecule has 0 atom stereocenters. The normalized spacial score (nSPS) is 13.9. The number of carbonyl (C=O) groups is 1. The van der Waals surface area contributed by atoms with Crippen molar-refractivity contribution in [2.45, 2.75) is 13.5 Å². The predicted octanol–water partition coefficient (Wildman–Crippen LogP) is 2.93. The first-order valence-corrected chi connectivity index (χ1v) is 9.81. The Kier molecular flexibility index (Phi) is 5.83. The third-order valence-corrected chi connectivity index (χ3v) is 4.96. The average Bonchev–Trinajstić information content (AvgIpc) is 3.27. The first kappa shape index (κ1) is 19.8. The molecule has 1 aliphatic heterocycles. The molecular weight excluding hydrogens is 384 g/mol.